The highest BCUT2D eigenvalue weighted by atomic mass is 16.7. The smallest absolute Gasteiger partial charge is 0.361 e. The lowest BCUT2D eigenvalue weighted by atomic mass is 10.1. The molecule has 2 atom stereocenters. The number of hydrogen-bond acceptors (Lipinski definition) is 7. The fraction of sp³-hybridized carbons (Fsp3) is 0.672. The van der Waals surface area contributed by atoms with E-state index in [-0.39, 0.29) is 38.6 Å². The molecule has 0 fully saturated rings. The Kier molecular flexibility index (Phi) is 45.9. The van der Waals surface area contributed by atoms with Crippen LogP contribution in [-0.4, -0.2) is 87.4 Å². The second-order valence-corrected chi connectivity index (χ2v) is 18.4. The Balaban J connectivity index is 4.40. The summed E-state index contributed by atoms with van der Waals surface area (Å²) >= 11 is 0. The Morgan fingerprint density at radius 1 is 0.463 bits per heavy atom. The zero-order valence-corrected chi connectivity index (χ0v) is 43.3. The number of nitrogens with zero attached hydrogens (tertiary/aromatic N) is 1. The molecule has 1 N–H and O–H groups in total. The van der Waals surface area contributed by atoms with E-state index in [1.165, 1.54) is 57.8 Å². The number of ether oxygens (including phenoxy) is 4. The van der Waals surface area contributed by atoms with Crippen molar-refractivity contribution in [1.29, 1.82) is 0 Å². The number of carbonyl (C=O) groups excluding carboxylic acids is 2. The summed E-state index contributed by atoms with van der Waals surface area (Å²) < 4.78 is 22.8. The topological polar surface area (TPSA) is 108 Å². The zero-order chi connectivity index (χ0) is 49.2. The van der Waals surface area contributed by atoms with Gasteiger partial charge in [0.25, 0.3) is 6.29 Å². The molecule has 2 unspecified atom stereocenters. The van der Waals surface area contributed by atoms with Gasteiger partial charge in [-0.1, -0.05) is 182 Å². The Hall–Kier alpha value is -3.79. The van der Waals surface area contributed by atoms with Crippen molar-refractivity contribution in [2.45, 2.75) is 206 Å². The molecular weight excluding hydrogens is 839 g/mol. The van der Waals surface area contributed by atoms with E-state index in [0.29, 0.717) is 17.4 Å². The molecule has 0 aliphatic heterocycles. The van der Waals surface area contributed by atoms with Gasteiger partial charge < -0.3 is 28.5 Å². The molecule has 0 saturated carbocycles. The third-order valence-corrected chi connectivity index (χ3v) is 10.8. The lowest BCUT2D eigenvalue weighted by Crippen LogP contribution is -2.40. The quantitative estimate of drug-likeness (QED) is 0.0211. The predicted octanol–water partition coefficient (Wildman–Crippen LogP) is 15.0. The van der Waals surface area contributed by atoms with Crippen LogP contribution in [0.2, 0.25) is 0 Å². The van der Waals surface area contributed by atoms with Gasteiger partial charge in [0.2, 0.25) is 0 Å². The van der Waals surface area contributed by atoms with Crippen LogP contribution in [0.25, 0.3) is 0 Å². The van der Waals surface area contributed by atoms with Crippen molar-refractivity contribution in [3.63, 3.8) is 0 Å². The molecule has 0 aromatic rings. The number of unbranched alkanes of at least 4 members (excludes halogenated alkanes) is 16. The summed E-state index contributed by atoms with van der Waals surface area (Å²) in [5, 5.41) is 9.68. The minimum absolute atomic E-state index is 0.177. The second-order valence-electron chi connectivity index (χ2n) is 18.4. The van der Waals surface area contributed by atoms with E-state index in [2.05, 4.69) is 111 Å². The number of carbonyl (C=O) groups is 3. The average Bonchev–Trinajstić information content (AvgIpc) is 3.29. The number of hydrogen-bond donors (Lipinski definition) is 1. The maximum Gasteiger partial charge on any atom is 0.361 e. The maximum atomic E-state index is 12.8. The van der Waals surface area contributed by atoms with E-state index in [4.69, 9.17) is 18.9 Å². The number of allylic oxidation sites excluding steroid dienone is 16. The molecule has 0 spiro atoms. The monoisotopic (exact) mass is 937 g/mol. The third kappa shape index (κ3) is 49.9. The summed E-state index contributed by atoms with van der Waals surface area (Å²) in [6, 6.07) is 0. The first-order valence-corrected chi connectivity index (χ1v) is 26.4. The lowest BCUT2D eigenvalue weighted by Gasteiger charge is -2.25. The summed E-state index contributed by atoms with van der Waals surface area (Å²) in [6.07, 6.45) is 61.8. The number of carboxylic acids is 1. The second kappa shape index (κ2) is 48.7. The van der Waals surface area contributed by atoms with E-state index < -0.39 is 24.3 Å². The van der Waals surface area contributed by atoms with Gasteiger partial charge in [0.05, 0.1) is 34.4 Å². The number of quaternary nitrogens is 1. The highest BCUT2D eigenvalue weighted by Gasteiger charge is 2.25. The van der Waals surface area contributed by atoms with Crippen molar-refractivity contribution in [3.8, 4) is 0 Å². The summed E-state index contributed by atoms with van der Waals surface area (Å²) in [4.78, 5) is 37.3. The van der Waals surface area contributed by atoms with Gasteiger partial charge in [0.1, 0.15) is 13.2 Å². The molecule has 0 aliphatic rings. The van der Waals surface area contributed by atoms with Crippen LogP contribution in [0.15, 0.2) is 97.2 Å². The molecule has 0 bridgehead atoms. The van der Waals surface area contributed by atoms with Crippen molar-refractivity contribution in [3.05, 3.63) is 97.2 Å². The van der Waals surface area contributed by atoms with Gasteiger partial charge in [-0.3, -0.25) is 9.59 Å². The minimum Gasteiger partial charge on any atom is -0.477 e. The van der Waals surface area contributed by atoms with Crippen LogP contribution in [0.5, 0.6) is 0 Å². The van der Waals surface area contributed by atoms with Crippen LogP contribution in [0.1, 0.15) is 194 Å². The number of carboxylic acid groups (broad SMARTS) is 1. The van der Waals surface area contributed by atoms with E-state index in [1.54, 1.807) is 0 Å². The minimum atomic E-state index is -1.52. The normalized spacial score (nSPS) is 13.6. The largest absolute Gasteiger partial charge is 0.477 e. The van der Waals surface area contributed by atoms with Crippen molar-refractivity contribution < 1.29 is 42.9 Å². The first-order valence-electron chi connectivity index (χ1n) is 26.4. The van der Waals surface area contributed by atoms with E-state index in [1.807, 2.05) is 21.1 Å². The van der Waals surface area contributed by atoms with Crippen LogP contribution < -0.4 is 0 Å². The maximum absolute atomic E-state index is 12.8. The Morgan fingerprint density at radius 2 is 0.851 bits per heavy atom. The van der Waals surface area contributed by atoms with Gasteiger partial charge in [0, 0.05) is 12.8 Å². The van der Waals surface area contributed by atoms with Crippen LogP contribution in [0.4, 0.5) is 0 Å². The number of esters is 2. The van der Waals surface area contributed by atoms with E-state index in [9.17, 15) is 19.5 Å². The molecular formula is C58H98NO8+. The average molecular weight is 937 g/mol. The Morgan fingerprint density at radius 3 is 1.27 bits per heavy atom. The van der Waals surface area contributed by atoms with E-state index >= 15 is 0 Å². The number of aliphatic carboxylic acids is 1. The predicted molar refractivity (Wildman–Crippen MR) is 281 cm³/mol. The summed E-state index contributed by atoms with van der Waals surface area (Å²) in [5.41, 5.74) is 0. The SMILES string of the molecule is CC/C=C\C/C=C\C/C=C\C/C=C\C/C=C\CCCCCCCCCC(=O)OC(COC(=O)CCCCCCCC/C=C\C/C=C\C/C=C\CCCCC)COC(OCC[N+](C)(C)C)C(=O)O. The zero-order valence-electron chi connectivity index (χ0n) is 43.3. The molecule has 0 heterocycles. The van der Waals surface area contributed by atoms with Crippen molar-refractivity contribution >= 4 is 17.9 Å². The highest BCUT2D eigenvalue weighted by molar-refractivity contribution is 5.71. The number of likely N-dealkylation sites (N-methyl/N-ethyl adjacent to an activating group) is 1. The molecule has 0 saturated heterocycles. The summed E-state index contributed by atoms with van der Waals surface area (Å²) in [6.45, 7) is 4.69. The van der Waals surface area contributed by atoms with Gasteiger partial charge in [-0.15, -0.1) is 0 Å². The fourth-order valence-corrected chi connectivity index (χ4v) is 6.75. The first-order chi connectivity index (χ1) is 32.6. The fourth-order valence-electron chi connectivity index (χ4n) is 6.75. The molecule has 0 aromatic carbocycles. The highest BCUT2D eigenvalue weighted by Crippen LogP contribution is 2.13. The van der Waals surface area contributed by atoms with Crippen molar-refractivity contribution in [2.75, 3.05) is 47.5 Å². The molecule has 0 amide bonds. The van der Waals surface area contributed by atoms with Gasteiger partial charge in [-0.25, -0.2) is 4.79 Å². The van der Waals surface area contributed by atoms with Gasteiger partial charge >= 0.3 is 17.9 Å². The number of rotatable bonds is 47. The third-order valence-electron chi connectivity index (χ3n) is 10.8. The van der Waals surface area contributed by atoms with Gasteiger partial charge in [-0.2, -0.15) is 0 Å². The van der Waals surface area contributed by atoms with E-state index in [0.717, 1.165) is 103 Å². The van der Waals surface area contributed by atoms with Crippen LogP contribution in [0, 0.1) is 0 Å². The van der Waals surface area contributed by atoms with Crippen LogP contribution >= 0.6 is 0 Å². The Bertz CT molecular complexity index is 1420. The molecule has 9 nitrogen and oxygen atoms in total. The Labute approximate surface area is 410 Å². The van der Waals surface area contributed by atoms with Crippen LogP contribution in [-0.2, 0) is 33.3 Å². The summed E-state index contributed by atoms with van der Waals surface area (Å²) in [5.74, 6) is -2.05. The van der Waals surface area contributed by atoms with Crippen LogP contribution in [0.3, 0.4) is 0 Å². The van der Waals surface area contributed by atoms with Crippen molar-refractivity contribution in [1.82, 2.24) is 0 Å². The standard InChI is InChI=1S/C58H97NO8/c1-6-8-10-12-14-16-18-20-22-24-26-27-28-29-31-33-35-37-39-41-43-45-47-49-56(61)67-54(53-66-58(57(62)63)64-51-50-59(3,4)5)52-65-55(60)48-46-44-42-40-38-36-34-32-30-25-23-21-19-17-15-13-11-9-7-2/h8,10,14-17,20-23,26-27,29-32,54,58H,6-7,9,11-13,18-19,24-25,28,33-53H2,1-5H3/p+1/b10-8-,16-14-,17-15-,22-20-,23-21-,27-26-,31-29-,32-30-. The summed E-state index contributed by atoms with van der Waals surface area (Å²) in [7, 11) is 5.95. The molecule has 67 heavy (non-hydrogen) atoms. The van der Waals surface area contributed by atoms with Gasteiger partial charge in [0.15, 0.2) is 6.10 Å². The molecule has 0 aromatic heterocycles. The molecule has 382 valence electrons. The van der Waals surface area contributed by atoms with Gasteiger partial charge in [-0.05, 0) is 96.3 Å². The first kappa shape index (κ1) is 63.2. The van der Waals surface area contributed by atoms with Crippen molar-refractivity contribution in [2.24, 2.45) is 0 Å². The lowest BCUT2D eigenvalue weighted by molar-refractivity contribution is -0.870. The molecule has 0 aliphatic carbocycles. The molecule has 9 heteroatoms. The molecule has 0 rings (SSSR count). The molecule has 0 radical (unpaired) electrons.